The van der Waals surface area contributed by atoms with Gasteiger partial charge in [-0.3, -0.25) is 4.79 Å². The predicted octanol–water partition coefficient (Wildman–Crippen LogP) is 2.70. The topological polar surface area (TPSA) is 93.5 Å². The molecule has 8 nitrogen and oxygen atoms in total. The van der Waals surface area contributed by atoms with Crippen molar-refractivity contribution < 1.29 is 26.7 Å². The second-order valence-electron chi connectivity index (χ2n) is 7.85. The van der Waals surface area contributed by atoms with Crippen LogP contribution in [-0.2, 0) is 21.4 Å². The van der Waals surface area contributed by atoms with Crippen molar-refractivity contribution in [2.75, 3.05) is 20.2 Å². The van der Waals surface area contributed by atoms with E-state index < -0.39 is 22.0 Å². The highest BCUT2D eigenvalue weighted by molar-refractivity contribution is 7.89. The van der Waals surface area contributed by atoms with Crippen molar-refractivity contribution in [2.24, 2.45) is 5.41 Å². The Balaban J connectivity index is 1.72. The SMILES string of the molecule is COc1ccc(CNC(=O)C2(C)CCCN(S(=O)(=O)c3cnn(C(F)F)c3C)C2)cc1. The highest BCUT2D eigenvalue weighted by Gasteiger charge is 2.42. The minimum atomic E-state index is -4.06. The van der Waals surface area contributed by atoms with Crippen LogP contribution in [0.25, 0.3) is 0 Å². The first-order valence-electron chi connectivity index (χ1n) is 9.82. The number of carbonyl (C=O) groups is 1. The molecule has 0 radical (unpaired) electrons. The number of aromatic nitrogens is 2. The van der Waals surface area contributed by atoms with E-state index in [0.717, 1.165) is 11.8 Å². The average molecular weight is 457 g/mol. The van der Waals surface area contributed by atoms with Gasteiger partial charge in [-0.05, 0) is 44.4 Å². The van der Waals surface area contributed by atoms with E-state index in [0.29, 0.717) is 29.8 Å². The Hall–Kier alpha value is -2.53. The molecule has 1 saturated heterocycles. The summed E-state index contributed by atoms with van der Waals surface area (Å²) in [5.41, 5.74) is -0.191. The van der Waals surface area contributed by atoms with Crippen LogP contribution in [0.4, 0.5) is 8.78 Å². The first-order chi connectivity index (χ1) is 14.6. The third kappa shape index (κ3) is 4.72. The number of ether oxygens (including phenoxy) is 1. The van der Waals surface area contributed by atoms with Gasteiger partial charge in [-0.2, -0.15) is 18.2 Å². The smallest absolute Gasteiger partial charge is 0.333 e. The lowest BCUT2D eigenvalue weighted by Gasteiger charge is -2.38. The van der Waals surface area contributed by atoms with Crippen LogP contribution < -0.4 is 10.1 Å². The number of piperidine rings is 1. The molecule has 31 heavy (non-hydrogen) atoms. The molecule has 1 aromatic carbocycles. The van der Waals surface area contributed by atoms with E-state index in [9.17, 15) is 22.0 Å². The van der Waals surface area contributed by atoms with E-state index >= 15 is 0 Å². The molecule has 3 rings (SSSR count). The molecular weight excluding hydrogens is 430 g/mol. The Kier molecular flexibility index (Phi) is 6.65. The van der Waals surface area contributed by atoms with Gasteiger partial charge in [-0.15, -0.1) is 0 Å². The Morgan fingerprint density at radius 2 is 2.00 bits per heavy atom. The number of amides is 1. The van der Waals surface area contributed by atoms with E-state index in [1.165, 1.54) is 11.2 Å². The summed E-state index contributed by atoms with van der Waals surface area (Å²) in [7, 11) is -2.49. The third-order valence-electron chi connectivity index (χ3n) is 5.62. The van der Waals surface area contributed by atoms with Crippen molar-refractivity contribution in [3.63, 3.8) is 0 Å². The summed E-state index contributed by atoms with van der Waals surface area (Å²) in [6, 6.07) is 7.26. The molecule has 1 aromatic heterocycles. The number of carbonyl (C=O) groups excluding carboxylic acids is 1. The number of halogens is 2. The lowest BCUT2D eigenvalue weighted by Crippen LogP contribution is -2.51. The molecule has 1 aliphatic rings. The molecule has 2 aromatic rings. The molecule has 1 fully saturated rings. The van der Waals surface area contributed by atoms with Gasteiger partial charge in [-0.1, -0.05) is 12.1 Å². The summed E-state index contributed by atoms with van der Waals surface area (Å²) in [6.07, 6.45) is 1.93. The summed E-state index contributed by atoms with van der Waals surface area (Å²) >= 11 is 0. The van der Waals surface area contributed by atoms with Crippen LogP contribution in [0.1, 0.15) is 37.6 Å². The maximum atomic E-state index is 13.1. The number of sulfonamides is 1. The Morgan fingerprint density at radius 1 is 1.32 bits per heavy atom. The molecule has 0 bridgehead atoms. The van der Waals surface area contributed by atoms with Gasteiger partial charge in [0.2, 0.25) is 15.9 Å². The van der Waals surface area contributed by atoms with Crippen LogP contribution in [0.2, 0.25) is 0 Å². The van der Waals surface area contributed by atoms with Crippen molar-refractivity contribution in [3.8, 4) is 5.75 Å². The van der Waals surface area contributed by atoms with Crippen LogP contribution in [0.3, 0.4) is 0 Å². The zero-order valence-electron chi connectivity index (χ0n) is 17.6. The van der Waals surface area contributed by atoms with E-state index in [2.05, 4.69) is 10.4 Å². The molecule has 1 amide bonds. The highest BCUT2D eigenvalue weighted by Crippen LogP contribution is 2.34. The van der Waals surface area contributed by atoms with Crippen LogP contribution >= 0.6 is 0 Å². The molecule has 1 N–H and O–H groups in total. The van der Waals surface area contributed by atoms with E-state index in [1.807, 2.05) is 12.1 Å². The molecule has 170 valence electrons. The second kappa shape index (κ2) is 8.91. The zero-order chi connectivity index (χ0) is 22.8. The Bertz CT molecular complexity index is 1040. The lowest BCUT2D eigenvalue weighted by atomic mass is 9.82. The molecule has 0 saturated carbocycles. The minimum Gasteiger partial charge on any atom is -0.497 e. The molecule has 1 aliphatic heterocycles. The summed E-state index contributed by atoms with van der Waals surface area (Å²) < 4.78 is 58.8. The lowest BCUT2D eigenvalue weighted by molar-refractivity contribution is -0.132. The number of nitrogens with zero attached hydrogens (tertiary/aromatic N) is 3. The minimum absolute atomic E-state index is 0.0386. The van der Waals surface area contributed by atoms with Gasteiger partial charge in [0.05, 0.1) is 24.4 Å². The highest BCUT2D eigenvalue weighted by atomic mass is 32.2. The largest absolute Gasteiger partial charge is 0.497 e. The van der Waals surface area contributed by atoms with Gasteiger partial charge in [0.15, 0.2) is 0 Å². The van der Waals surface area contributed by atoms with Crippen molar-refractivity contribution in [2.45, 2.75) is 44.7 Å². The first kappa shape index (κ1) is 23.1. The van der Waals surface area contributed by atoms with E-state index in [1.54, 1.807) is 26.2 Å². The van der Waals surface area contributed by atoms with Gasteiger partial charge >= 0.3 is 6.55 Å². The maximum absolute atomic E-state index is 13.1. The number of rotatable bonds is 7. The molecule has 0 spiro atoms. The fourth-order valence-corrected chi connectivity index (χ4v) is 5.47. The van der Waals surface area contributed by atoms with E-state index in [-0.39, 0.29) is 29.6 Å². The van der Waals surface area contributed by atoms with Gasteiger partial charge < -0.3 is 10.1 Å². The van der Waals surface area contributed by atoms with Crippen molar-refractivity contribution in [1.82, 2.24) is 19.4 Å². The summed E-state index contributed by atoms with van der Waals surface area (Å²) in [5, 5.41) is 6.37. The van der Waals surface area contributed by atoms with Crippen molar-refractivity contribution >= 4 is 15.9 Å². The van der Waals surface area contributed by atoms with Crippen LogP contribution in [0.15, 0.2) is 35.4 Å². The normalized spacial score (nSPS) is 20.1. The maximum Gasteiger partial charge on any atom is 0.333 e. The molecule has 11 heteroatoms. The number of hydrogen-bond acceptors (Lipinski definition) is 5. The monoisotopic (exact) mass is 456 g/mol. The molecule has 1 unspecified atom stereocenters. The molecule has 1 atom stereocenters. The zero-order valence-corrected chi connectivity index (χ0v) is 18.5. The number of methoxy groups -OCH3 is 1. The first-order valence-corrected chi connectivity index (χ1v) is 11.3. The molecular formula is C20H26F2N4O4S. The Labute approximate surface area is 180 Å². The average Bonchev–Trinajstić information content (AvgIpc) is 3.14. The third-order valence-corrected chi connectivity index (χ3v) is 7.57. The van der Waals surface area contributed by atoms with Crippen LogP contribution in [0.5, 0.6) is 5.75 Å². The van der Waals surface area contributed by atoms with Crippen molar-refractivity contribution in [1.29, 1.82) is 0 Å². The quantitative estimate of drug-likeness (QED) is 0.692. The number of alkyl halides is 2. The Morgan fingerprint density at radius 3 is 2.58 bits per heavy atom. The van der Waals surface area contributed by atoms with Crippen LogP contribution in [-0.4, -0.2) is 48.6 Å². The summed E-state index contributed by atoms with van der Waals surface area (Å²) in [5.74, 6) is 0.448. The van der Waals surface area contributed by atoms with Gasteiger partial charge in [0.1, 0.15) is 10.6 Å². The number of benzene rings is 1. The van der Waals surface area contributed by atoms with Gasteiger partial charge in [0.25, 0.3) is 0 Å². The van der Waals surface area contributed by atoms with Crippen molar-refractivity contribution in [3.05, 3.63) is 41.7 Å². The second-order valence-corrected chi connectivity index (χ2v) is 9.76. The van der Waals surface area contributed by atoms with Crippen LogP contribution in [0, 0.1) is 12.3 Å². The number of hydrogen-bond donors (Lipinski definition) is 1. The standard InChI is InChI=1S/C20H26F2N4O4S/c1-14-17(12-24-26(14)19(21)22)31(28,29)25-10-4-9-20(2,13-25)18(27)23-11-15-5-7-16(30-3)8-6-15/h5-8,12,19H,4,9-11,13H2,1-3H3,(H,23,27). The molecule has 2 heterocycles. The van der Waals surface area contributed by atoms with Gasteiger partial charge in [0, 0.05) is 19.6 Å². The fourth-order valence-electron chi connectivity index (χ4n) is 3.72. The molecule has 0 aliphatic carbocycles. The fraction of sp³-hybridized carbons (Fsp3) is 0.500. The summed E-state index contributed by atoms with van der Waals surface area (Å²) in [6.45, 7) is 0.543. The van der Waals surface area contributed by atoms with E-state index in [4.69, 9.17) is 4.74 Å². The number of nitrogens with one attached hydrogen (secondary N) is 1. The summed E-state index contributed by atoms with van der Waals surface area (Å²) in [4.78, 5) is 12.6. The van der Waals surface area contributed by atoms with Gasteiger partial charge in [-0.25, -0.2) is 13.1 Å². The predicted molar refractivity (Wildman–Crippen MR) is 109 cm³/mol.